The van der Waals surface area contributed by atoms with E-state index in [0.29, 0.717) is 66.8 Å². The minimum Gasteiger partial charge on any atom is -0.404 e. The first-order chi connectivity index (χ1) is 32.3. The Morgan fingerprint density at radius 2 is 1.73 bits per heavy atom. The Bertz CT molecular complexity index is 2700. The SMILES string of the molecule is CN=CC(=CN)c1cc2c(cc1C(F)F)N(C(=N)C1=C(NC3CCN(CCCc4ccc(CNc5ccc6c(c5)n(C)c(=O)n6C5CCC(=O)NC5=O)cc4)CC3)CCN(C(C)=O)C1)CCC2. The molecule has 2 fully saturated rings. The summed E-state index contributed by atoms with van der Waals surface area (Å²) in [4.78, 5) is 60.1. The zero-order chi connectivity index (χ0) is 47.4. The molecule has 1 unspecified atom stereocenters. The van der Waals surface area contributed by atoms with Crippen molar-refractivity contribution in [2.45, 2.75) is 89.8 Å². The zero-order valence-corrected chi connectivity index (χ0v) is 38.5. The lowest BCUT2D eigenvalue weighted by molar-refractivity contribution is -0.135. The molecule has 0 aliphatic carbocycles. The third kappa shape index (κ3) is 10.2. The number of imidazole rings is 1. The maximum absolute atomic E-state index is 14.6. The van der Waals surface area contributed by atoms with E-state index in [2.05, 4.69) is 50.1 Å². The van der Waals surface area contributed by atoms with Crippen LogP contribution in [0.1, 0.15) is 92.2 Å². The lowest BCUT2D eigenvalue weighted by atomic mass is 9.91. The predicted octanol–water partition coefficient (Wildman–Crippen LogP) is 5.79. The van der Waals surface area contributed by atoms with E-state index in [0.717, 1.165) is 79.8 Å². The van der Waals surface area contributed by atoms with Gasteiger partial charge in [0.15, 0.2) is 0 Å². The first kappa shape index (κ1) is 46.9. The number of aliphatic imine (C=N–C) groups is 1. The number of nitrogens with one attached hydrogen (secondary N) is 4. The minimum atomic E-state index is -2.75. The summed E-state index contributed by atoms with van der Waals surface area (Å²) in [5.41, 5.74) is 13.9. The van der Waals surface area contributed by atoms with Crippen LogP contribution in [0.4, 0.5) is 20.2 Å². The van der Waals surface area contributed by atoms with Crippen LogP contribution in [0.2, 0.25) is 0 Å². The normalized spacial score (nSPS) is 18.8. The number of allylic oxidation sites excluding steroid dienone is 1. The quantitative estimate of drug-likeness (QED) is 0.0594. The van der Waals surface area contributed by atoms with Gasteiger partial charge in [-0.2, -0.15) is 0 Å². The summed E-state index contributed by atoms with van der Waals surface area (Å²) in [5, 5.41) is 19.1. The van der Waals surface area contributed by atoms with Crippen molar-refractivity contribution < 1.29 is 23.2 Å². The molecule has 6 N–H and O–H groups in total. The maximum Gasteiger partial charge on any atom is 0.329 e. The Kier molecular flexibility index (Phi) is 14.3. The number of piperidine rings is 2. The number of likely N-dealkylation sites (tertiary alicyclic amines) is 1. The highest BCUT2D eigenvalue weighted by molar-refractivity contribution is 6.12. The fourth-order valence-corrected chi connectivity index (χ4v) is 10.0. The lowest BCUT2D eigenvalue weighted by Crippen LogP contribution is -2.48. The second kappa shape index (κ2) is 20.5. The molecule has 67 heavy (non-hydrogen) atoms. The van der Waals surface area contributed by atoms with Crippen LogP contribution in [0.25, 0.3) is 16.6 Å². The summed E-state index contributed by atoms with van der Waals surface area (Å²) < 4.78 is 32.1. The molecule has 4 aliphatic rings. The maximum atomic E-state index is 14.6. The highest BCUT2D eigenvalue weighted by Gasteiger charge is 2.33. The molecular weight excluding hydrogens is 857 g/mol. The predicted molar refractivity (Wildman–Crippen MR) is 259 cm³/mol. The van der Waals surface area contributed by atoms with Gasteiger partial charge in [0, 0.05) is 119 Å². The molecule has 15 nitrogen and oxygen atoms in total. The van der Waals surface area contributed by atoms with Gasteiger partial charge in [-0.1, -0.05) is 24.3 Å². The third-order valence-corrected chi connectivity index (χ3v) is 13.7. The Balaban J connectivity index is 0.841. The van der Waals surface area contributed by atoms with Crippen molar-refractivity contribution in [2.75, 3.05) is 56.5 Å². The van der Waals surface area contributed by atoms with Crippen LogP contribution in [0.3, 0.4) is 0 Å². The number of carbonyl (C=O) groups excluding carboxylic acids is 3. The lowest BCUT2D eigenvalue weighted by Gasteiger charge is -2.39. The van der Waals surface area contributed by atoms with Gasteiger partial charge in [-0.3, -0.25) is 39.2 Å². The molecule has 4 aliphatic heterocycles. The van der Waals surface area contributed by atoms with Gasteiger partial charge in [-0.25, -0.2) is 13.6 Å². The number of aryl methyl sites for hydroxylation is 3. The number of amides is 3. The molecule has 5 heterocycles. The van der Waals surface area contributed by atoms with Crippen molar-refractivity contribution in [3.8, 4) is 0 Å². The van der Waals surface area contributed by atoms with E-state index >= 15 is 0 Å². The molecule has 3 amide bonds. The number of hydrogen-bond acceptors (Lipinski definition) is 10. The van der Waals surface area contributed by atoms with E-state index in [1.54, 1.807) is 32.0 Å². The molecule has 0 bridgehead atoms. The molecule has 3 aromatic carbocycles. The number of anilines is 2. The van der Waals surface area contributed by atoms with Crippen LogP contribution in [-0.4, -0.2) is 101 Å². The van der Waals surface area contributed by atoms with Crippen molar-refractivity contribution in [1.82, 2.24) is 29.6 Å². The first-order valence-corrected chi connectivity index (χ1v) is 23.3. The second-order valence-corrected chi connectivity index (χ2v) is 18.0. The van der Waals surface area contributed by atoms with Crippen LogP contribution in [0.15, 0.2) is 81.9 Å². The molecular formula is C50H61F2N11O4. The van der Waals surface area contributed by atoms with Gasteiger partial charge in [0.2, 0.25) is 17.7 Å². The van der Waals surface area contributed by atoms with Crippen LogP contribution in [-0.2, 0) is 40.8 Å². The van der Waals surface area contributed by atoms with Gasteiger partial charge in [-0.15, -0.1) is 0 Å². The fourth-order valence-electron chi connectivity index (χ4n) is 10.0. The summed E-state index contributed by atoms with van der Waals surface area (Å²) in [6.45, 7) is 6.38. The molecule has 8 rings (SSSR count). The highest BCUT2D eigenvalue weighted by Crippen LogP contribution is 2.38. The van der Waals surface area contributed by atoms with Crippen LogP contribution < -0.4 is 32.3 Å². The average molecular weight is 918 g/mol. The Morgan fingerprint density at radius 3 is 2.43 bits per heavy atom. The third-order valence-electron chi connectivity index (χ3n) is 13.7. The summed E-state index contributed by atoms with van der Waals surface area (Å²) in [5.74, 6) is -0.593. The molecule has 4 aromatic rings. The zero-order valence-electron chi connectivity index (χ0n) is 38.5. The summed E-state index contributed by atoms with van der Waals surface area (Å²) >= 11 is 0. The van der Waals surface area contributed by atoms with E-state index < -0.39 is 18.4 Å². The summed E-state index contributed by atoms with van der Waals surface area (Å²) in [6, 6.07) is 17.0. The van der Waals surface area contributed by atoms with Crippen molar-refractivity contribution in [3.05, 3.63) is 110 Å². The number of carbonyl (C=O) groups is 3. The largest absolute Gasteiger partial charge is 0.404 e. The Hall–Kier alpha value is -6.62. The van der Waals surface area contributed by atoms with E-state index in [9.17, 15) is 33.4 Å². The molecule has 0 spiro atoms. The first-order valence-electron chi connectivity index (χ1n) is 23.3. The standard InChI is InChI=1S/C50H61F2N11O4/c1-31(64)61-23-18-41(40(30-61)48(54)62-20-5-7-34-24-38(35(27-53)29-55-2)39(47(51)52)26-44(34)62)57-36-16-21-60(22-17-36)19-4-6-32-8-10-33(11-9-32)28-56-37-12-13-42-45(25-37)59(3)50(67)63(42)43-14-15-46(65)58-49(43)66/h8-13,24-27,29,36,43,47,54,56-57H,4-7,14-23,28,30,53H2,1-3H3,(H,58,65,66). The average Bonchev–Trinajstić information content (AvgIpc) is 3.57. The number of nitrogens with two attached hydrogens (primary N) is 1. The number of amidine groups is 1. The van der Waals surface area contributed by atoms with Gasteiger partial charge in [0.1, 0.15) is 11.9 Å². The van der Waals surface area contributed by atoms with Gasteiger partial charge in [-0.05, 0) is 104 Å². The number of imide groups is 1. The fraction of sp³-hybridized carbons (Fsp3) is 0.440. The number of nitrogens with zero attached hydrogens (tertiary/aromatic N) is 6. The Morgan fingerprint density at radius 1 is 0.970 bits per heavy atom. The number of aromatic nitrogens is 2. The van der Waals surface area contributed by atoms with Crippen molar-refractivity contribution in [3.63, 3.8) is 0 Å². The number of fused-ring (bicyclic) bond motifs is 2. The van der Waals surface area contributed by atoms with E-state index in [1.165, 1.54) is 33.2 Å². The van der Waals surface area contributed by atoms with Gasteiger partial charge in [0.05, 0.1) is 17.6 Å². The number of alkyl halides is 2. The van der Waals surface area contributed by atoms with Crippen LogP contribution in [0, 0.1) is 5.41 Å². The minimum absolute atomic E-state index is 0.0589. The van der Waals surface area contributed by atoms with E-state index in [1.807, 2.05) is 23.1 Å². The van der Waals surface area contributed by atoms with Gasteiger partial charge in [0.25, 0.3) is 6.43 Å². The topological polar surface area (TPSA) is 186 Å². The van der Waals surface area contributed by atoms with Gasteiger partial charge >= 0.3 is 5.69 Å². The van der Waals surface area contributed by atoms with Crippen molar-refractivity contribution >= 4 is 57.8 Å². The second-order valence-electron chi connectivity index (χ2n) is 18.0. The number of hydrogen-bond donors (Lipinski definition) is 5. The Labute approximate surface area is 389 Å². The molecule has 0 saturated carbocycles. The van der Waals surface area contributed by atoms with Crippen LogP contribution in [0.5, 0.6) is 0 Å². The monoisotopic (exact) mass is 917 g/mol. The molecule has 1 aromatic heterocycles. The number of halogens is 2. The highest BCUT2D eigenvalue weighted by atomic mass is 19.3. The van der Waals surface area contributed by atoms with Gasteiger partial charge < -0.3 is 31.1 Å². The molecule has 2 saturated heterocycles. The number of benzene rings is 3. The molecule has 17 heteroatoms. The smallest absolute Gasteiger partial charge is 0.329 e. The molecule has 0 radical (unpaired) electrons. The van der Waals surface area contributed by atoms with E-state index in [4.69, 9.17) is 5.73 Å². The molecule has 1 atom stereocenters. The van der Waals surface area contributed by atoms with Crippen molar-refractivity contribution in [2.24, 2.45) is 17.8 Å². The van der Waals surface area contributed by atoms with E-state index in [-0.39, 0.29) is 47.9 Å². The van der Waals surface area contributed by atoms with Crippen molar-refractivity contribution in [1.29, 1.82) is 5.41 Å². The molecule has 354 valence electrons. The summed E-state index contributed by atoms with van der Waals surface area (Å²) in [6.07, 6.45) is 6.42. The van der Waals surface area contributed by atoms with Crippen LogP contribution >= 0.6 is 0 Å². The number of rotatable bonds is 14. The summed E-state index contributed by atoms with van der Waals surface area (Å²) in [7, 11) is 3.26.